The molecule has 0 spiro atoms. The summed E-state index contributed by atoms with van der Waals surface area (Å²) in [6.07, 6.45) is 1.74. The minimum absolute atomic E-state index is 0.181. The summed E-state index contributed by atoms with van der Waals surface area (Å²) in [5, 5.41) is 11.7. The normalized spacial score (nSPS) is 17.3. The van der Waals surface area contributed by atoms with Gasteiger partial charge in [0.2, 0.25) is 15.9 Å². The van der Waals surface area contributed by atoms with E-state index >= 15 is 0 Å². The summed E-state index contributed by atoms with van der Waals surface area (Å²) in [4.78, 5) is 23.7. The van der Waals surface area contributed by atoms with Crippen LogP contribution in [-0.2, 0) is 19.6 Å². The van der Waals surface area contributed by atoms with E-state index in [0.717, 1.165) is 0 Å². The second-order valence-electron chi connectivity index (χ2n) is 6.54. The highest BCUT2D eigenvalue weighted by atomic mass is 32.2. The second kappa shape index (κ2) is 9.18. The van der Waals surface area contributed by atoms with Crippen molar-refractivity contribution in [1.29, 1.82) is 0 Å². The average molecular weight is 398 g/mol. The van der Waals surface area contributed by atoms with Gasteiger partial charge in [0.05, 0.1) is 12.0 Å². The molecule has 1 fully saturated rings. The van der Waals surface area contributed by atoms with Crippen molar-refractivity contribution in [3.05, 3.63) is 24.3 Å². The molecule has 27 heavy (non-hydrogen) atoms. The van der Waals surface area contributed by atoms with E-state index in [2.05, 4.69) is 5.32 Å². The number of nitrogens with zero attached hydrogens (tertiary/aromatic N) is 1. The van der Waals surface area contributed by atoms with Crippen molar-refractivity contribution >= 4 is 21.9 Å². The molecule has 1 saturated heterocycles. The Morgan fingerprint density at radius 3 is 2.33 bits per heavy atom. The SMILES string of the molecule is CCCC(NC(=O)C1CCN(S(=O)(=O)c2ccc(OC)cc2)CC1)C(=O)O. The van der Waals surface area contributed by atoms with Gasteiger partial charge < -0.3 is 15.2 Å². The molecule has 2 rings (SSSR count). The number of carbonyl (C=O) groups excluding carboxylic acids is 1. The molecule has 1 unspecified atom stereocenters. The smallest absolute Gasteiger partial charge is 0.326 e. The molecule has 150 valence electrons. The standard InChI is InChI=1S/C18H26N2O6S/c1-3-4-16(18(22)23)19-17(21)13-9-11-20(12-10-13)27(24,25)15-7-5-14(26-2)6-8-15/h5-8,13,16H,3-4,9-12H2,1-2H3,(H,19,21)(H,22,23). The average Bonchev–Trinajstić information content (AvgIpc) is 2.67. The molecule has 1 aliphatic heterocycles. The third-order valence-corrected chi connectivity index (χ3v) is 6.63. The number of ether oxygens (including phenoxy) is 1. The Kier molecular flexibility index (Phi) is 7.20. The van der Waals surface area contributed by atoms with E-state index < -0.39 is 22.0 Å². The lowest BCUT2D eigenvalue weighted by Gasteiger charge is -2.31. The first-order chi connectivity index (χ1) is 12.8. The van der Waals surface area contributed by atoms with Crippen LogP contribution < -0.4 is 10.1 Å². The van der Waals surface area contributed by atoms with Crippen molar-refractivity contribution in [2.24, 2.45) is 5.92 Å². The van der Waals surface area contributed by atoms with Crippen LogP contribution in [0.1, 0.15) is 32.6 Å². The largest absolute Gasteiger partial charge is 0.497 e. The van der Waals surface area contributed by atoms with Gasteiger partial charge in [0.25, 0.3) is 0 Å². The van der Waals surface area contributed by atoms with Gasteiger partial charge in [-0.15, -0.1) is 0 Å². The molecule has 0 bridgehead atoms. The van der Waals surface area contributed by atoms with E-state index in [-0.39, 0.29) is 29.8 Å². The Balaban J connectivity index is 1.97. The number of sulfonamides is 1. The maximum Gasteiger partial charge on any atom is 0.326 e. The molecule has 0 radical (unpaired) electrons. The van der Waals surface area contributed by atoms with E-state index in [1.807, 2.05) is 6.92 Å². The third-order valence-electron chi connectivity index (χ3n) is 4.71. The van der Waals surface area contributed by atoms with Gasteiger partial charge in [-0.3, -0.25) is 4.79 Å². The van der Waals surface area contributed by atoms with Gasteiger partial charge >= 0.3 is 5.97 Å². The van der Waals surface area contributed by atoms with Crippen LogP contribution >= 0.6 is 0 Å². The number of nitrogens with one attached hydrogen (secondary N) is 1. The van der Waals surface area contributed by atoms with Gasteiger partial charge in [-0.05, 0) is 43.5 Å². The Hall–Kier alpha value is -2.13. The highest BCUT2D eigenvalue weighted by Gasteiger charge is 2.33. The fourth-order valence-corrected chi connectivity index (χ4v) is 4.56. The predicted molar refractivity (Wildman–Crippen MR) is 99.0 cm³/mol. The molecule has 8 nitrogen and oxygen atoms in total. The van der Waals surface area contributed by atoms with Gasteiger partial charge in [0.1, 0.15) is 11.8 Å². The minimum atomic E-state index is -3.63. The number of aliphatic carboxylic acids is 1. The van der Waals surface area contributed by atoms with Crippen LogP contribution in [0.5, 0.6) is 5.75 Å². The molecular weight excluding hydrogens is 372 g/mol. The second-order valence-corrected chi connectivity index (χ2v) is 8.48. The predicted octanol–water partition coefficient (Wildman–Crippen LogP) is 1.47. The summed E-state index contributed by atoms with van der Waals surface area (Å²) in [7, 11) is -2.12. The third kappa shape index (κ3) is 5.20. The molecular formula is C18H26N2O6S. The molecule has 1 atom stereocenters. The molecule has 0 saturated carbocycles. The number of hydrogen-bond donors (Lipinski definition) is 2. The number of methoxy groups -OCH3 is 1. The summed E-state index contributed by atoms with van der Waals surface area (Å²) in [5.74, 6) is -1.18. The Bertz CT molecular complexity index is 755. The first-order valence-corrected chi connectivity index (χ1v) is 10.4. The van der Waals surface area contributed by atoms with Crippen molar-refractivity contribution in [3.63, 3.8) is 0 Å². The lowest BCUT2D eigenvalue weighted by molar-refractivity contribution is -0.142. The zero-order valence-electron chi connectivity index (χ0n) is 15.6. The summed E-state index contributed by atoms with van der Waals surface area (Å²) in [6, 6.07) is 5.27. The highest BCUT2D eigenvalue weighted by Crippen LogP contribution is 2.25. The van der Waals surface area contributed by atoms with Crippen LogP contribution in [-0.4, -0.2) is 55.9 Å². The fourth-order valence-electron chi connectivity index (χ4n) is 3.09. The quantitative estimate of drug-likeness (QED) is 0.686. The summed E-state index contributed by atoms with van der Waals surface area (Å²) in [6.45, 7) is 2.29. The van der Waals surface area contributed by atoms with Crippen molar-refractivity contribution in [1.82, 2.24) is 9.62 Å². The Labute approximate surface area is 159 Å². The fraction of sp³-hybridized carbons (Fsp3) is 0.556. The van der Waals surface area contributed by atoms with E-state index in [0.29, 0.717) is 31.4 Å². The Morgan fingerprint density at radius 2 is 1.85 bits per heavy atom. The molecule has 2 N–H and O–H groups in total. The molecule has 1 aliphatic rings. The minimum Gasteiger partial charge on any atom is -0.497 e. The summed E-state index contributed by atoms with van der Waals surface area (Å²) in [5.41, 5.74) is 0. The van der Waals surface area contributed by atoms with Gasteiger partial charge in [0, 0.05) is 19.0 Å². The van der Waals surface area contributed by atoms with E-state index in [1.165, 1.54) is 23.5 Å². The summed E-state index contributed by atoms with van der Waals surface area (Å²) >= 11 is 0. The van der Waals surface area contributed by atoms with Crippen LogP contribution in [0.15, 0.2) is 29.2 Å². The first-order valence-electron chi connectivity index (χ1n) is 8.97. The number of rotatable bonds is 8. The van der Waals surface area contributed by atoms with Crippen LogP contribution in [0.4, 0.5) is 0 Å². The maximum atomic E-state index is 12.7. The number of carboxylic acids is 1. The number of benzene rings is 1. The van der Waals surface area contributed by atoms with E-state index in [9.17, 15) is 18.0 Å². The molecule has 9 heteroatoms. The van der Waals surface area contributed by atoms with Gasteiger partial charge in [-0.1, -0.05) is 13.3 Å². The van der Waals surface area contributed by atoms with Crippen molar-refractivity contribution in [3.8, 4) is 5.75 Å². The number of carboxylic acid groups (broad SMARTS) is 1. The summed E-state index contributed by atoms with van der Waals surface area (Å²) < 4.78 is 31.8. The Morgan fingerprint density at radius 1 is 1.26 bits per heavy atom. The molecule has 1 aromatic rings. The first kappa shape index (κ1) is 21.2. The van der Waals surface area contributed by atoms with Crippen LogP contribution in [0.2, 0.25) is 0 Å². The van der Waals surface area contributed by atoms with Crippen LogP contribution in [0.25, 0.3) is 0 Å². The maximum absolute atomic E-state index is 12.7. The van der Waals surface area contributed by atoms with Gasteiger partial charge in [-0.2, -0.15) is 4.31 Å². The lowest BCUT2D eigenvalue weighted by atomic mass is 9.96. The molecule has 0 aromatic heterocycles. The number of piperidine rings is 1. The molecule has 0 aliphatic carbocycles. The highest BCUT2D eigenvalue weighted by molar-refractivity contribution is 7.89. The van der Waals surface area contributed by atoms with Crippen LogP contribution in [0, 0.1) is 5.92 Å². The number of carbonyl (C=O) groups is 2. The van der Waals surface area contributed by atoms with Crippen molar-refractivity contribution < 1.29 is 27.9 Å². The monoisotopic (exact) mass is 398 g/mol. The molecule has 1 aromatic carbocycles. The molecule has 1 heterocycles. The van der Waals surface area contributed by atoms with Crippen molar-refractivity contribution in [2.45, 2.75) is 43.5 Å². The zero-order chi connectivity index (χ0) is 20.0. The number of hydrogen-bond acceptors (Lipinski definition) is 5. The van der Waals surface area contributed by atoms with Gasteiger partial charge in [0.15, 0.2) is 0 Å². The van der Waals surface area contributed by atoms with Crippen molar-refractivity contribution in [2.75, 3.05) is 20.2 Å². The lowest BCUT2D eigenvalue weighted by Crippen LogP contribution is -2.47. The van der Waals surface area contributed by atoms with E-state index in [4.69, 9.17) is 9.84 Å². The number of amides is 1. The molecule has 1 amide bonds. The van der Waals surface area contributed by atoms with Crippen LogP contribution in [0.3, 0.4) is 0 Å². The zero-order valence-corrected chi connectivity index (χ0v) is 16.4. The topological polar surface area (TPSA) is 113 Å². The van der Waals surface area contributed by atoms with Gasteiger partial charge in [-0.25, -0.2) is 13.2 Å². The van der Waals surface area contributed by atoms with E-state index in [1.54, 1.807) is 12.1 Å².